The van der Waals surface area contributed by atoms with Gasteiger partial charge in [0.05, 0.1) is 30.4 Å². The summed E-state index contributed by atoms with van der Waals surface area (Å²) in [5.41, 5.74) is 0.611. The predicted molar refractivity (Wildman–Crippen MR) is 113 cm³/mol. The molecule has 176 valence electrons. The van der Waals surface area contributed by atoms with Crippen molar-refractivity contribution in [2.24, 2.45) is 0 Å². The molecule has 2 aromatic rings. The van der Waals surface area contributed by atoms with E-state index in [2.05, 4.69) is 10.4 Å². The molecular weight excluding hydrogens is 463 g/mol. The summed E-state index contributed by atoms with van der Waals surface area (Å²) in [5, 5.41) is 15.1. The fourth-order valence-corrected chi connectivity index (χ4v) is 3.80. The van der Waals surface area contributed by atoms with E-state index in [0.29, 0.717) is 29.1 Å². The van der Waals surface area contributed by atoms with Crippen molar-refractivity contribution in [3.8, 4) is 11.3 Å². The van der Waals surface area contributed by atoms with Gasteiger partial charge in [0, 0.05) is 23.3 Å². The number of halogens is 4. The molecule has 33 heavy (non-hydrogen) atoms. The lowest BCUT2D eigenvalue weighted by atomic mass is 10.1. The first-order valence-electron chi connectivity index (χ1n) is 10.2. The third-order valence-electron chi connectivity index (χ3n) is 5.52. The molecule has 1 unspecified atom stereocenters. The molecule has 8 nitrogen and oxygen atoms in total. The Labute approximate surface area is 192 Å². The van der Waals surface area contributed by atoms with Crippen molar-refractivity contribution in [1.29, 1.82) is 5.41 Å². The van der Waals surface area contributed by atoms with Crippen LogP contribution in [0.4, 0.5) is 13.2 Å². The van der Waals surface area contributed by atoms with Gasteiger partial charge in [-0.2, -0.15) is 18.3 Å². The van der Waals surface area contributed by atoms with Gasteiger partial charge in [0.25, 0.3) is 5.91 Å². The lowest BCUT2D eigenvalue weighted by molar-refractivity contribution is -0.176. The van der Waals surface area contributed by atoms with Crippen LogP contribution in [0.5, 0.6) is 0 Å². The fraction of sp³-hybridized carbons (Fsp3) is 0.429. The molecule has 4 rings (SSSR count). The van der Waals surface area contributed by atoms with Crippen molar-refractivity contribution in [3.05, 3.63) is 41.0 Å². The smallest absolute Gasteiger partial charge is 0.370 e. The van der Waals surface area contributed by atoms with Crippen molar-refractivity contribution >= 4 is 29.6 Å². The Morgan fingerprint density at radius 1 is 1.33 bits per heavy atom. The number of benzene rings is 1. The normalized spacial score (nSPS) is 19.2. The molecule has 0 radical (unpaired) electrons. The monoisotopic (exact) mass is 483 g/mol. The van der Waals surface area contributed by atoms with Gasteiger partial charge in [-0.1, -0.05) is 23.7 Å². The molecule has 2 aliphatic rings. The minimum absolute atomic E-state index is 0.0452. The quantitative estimate of drug-likeness (QED) is 0.563. The lowest BCUT2D eigenvalue weighted by Crippen LogP contribution is -2.50. The molecule has 1 aliphatic heterocycles. The standard InChI is InChI=1S/C21H21ClF3N5O3/c22-14-3-1-13(2-4-14)16-7-17-19(32)29(9-18(31)27-20(11-26)5-6-20)8-15(30(17)28-16)10-33-12-21(23,24)25/h1-4,7,11,15,26H,5-6,8-10,12H2,(H,27,31). The molecule has 0 saturated heterocycles. The molecule has 0 bridgehead atoms. The average molecular weight is 484 g/mol. The van der Waals surface area contributed by atoms with E-state index in [1.165, 1.54) is 21.9 Å². The number of carbonyl (C=O) groups excluding carboxylic acids is 2. The average Bonchev–Trinajstić information content (AvgIpc) is 3.37. The highest BCUT2D eigenvalue weighted by Gasteiger charge is 2.43. The van der Waals surface area contributed by atoms with Gasteiger partial charge in [-0.05, 0) is 31.0 Å². The van der Waals surface area contributed by atoms with Gasteiger partial charge >= 0.3 is 6.18 Å². The van der Waals surface area contributed by atoms with Gasteiger partial charge in [-0.25, -0.2) is 0 Å². The Bertz CT molecular complexity index is 1070. The molecule has 1 saturated carbocycles. The highest BCUT2D eigenvalue weighted by molar-refractivity contribution is 6.30. The summed E-state index contributed by atoms with van der Waals surface area (Å²) in [6.45, 7) is -2.10. The molecule has 12 heteroatoms. The van der Waals surface area contributed by atoms with Crippen LogP contribution in [0, 0.1) is 5.41 Å². The van der Waals surface area contributed by atoms with Crippen LogP contribution in [0.1, 0.15) is 29.4 Å². The van der Waals surface area contributed by atoms with Crippen LogP contribution in [0.15, 0.2) is 30.3 Å². The van der Waals surface area contributed by atoms with E-state index in [-0.39, 0.29) is 25.4 Å². The number of carbonyl (C=O) groups is 2. The third-order valence-corrected chi connectivity index (χ3v) is 5.77. The first-order chi connectivity index (χ1) is 15.6. The van der Waals surface area contributed by atoms with Crippen LogP contribution in [0.3, 0.4) is 0 Å². The highest BCUT2D eigenvalue weighted by atomic mass is 35.5. The van der Waals surface area contributed by atoms with Gasteiger partial charge in [-0.3, -0.25) is 14.3 Å². The SMILES string of the molecule is N=CC1(NC(=O)CN2CC(COCC(F)(F)F)n3nc(-c4ccc(Cl)cc4)cc3C2=O)CC1. The molecule has 0 spiro atoms. The van der Waals surface area contributed by atoms with Crippen LogP contribution in [-0.4, -0.2) is 70.7 Å². The van der Waals surface area contributed by atoms with Crippen LogP contribution in [0.25, 0.3) is 11.3 Å². The Morgan fingerprint density at radius 3 is 2.64 bits per heavy atom. The van der Waals surface area contributed by atoms with E-state index in [4.69, 9.17) is 21.7 Å². The largest absolute Gasteiger partial charge is 0.411 e. The molecule has 1 aromatic carbocycles. The summed E-state index contributed by atoms with van der Waals surface area (Å²) >= 11 is 5.92. The van der Waals surface area contributed by atoms with E-state index in [0.717, 1.165) is 0 Å². The number of ether oxygens (including phenoxy) is 1. The minimum Gasteiger partial charge on any atom is -0.370 e. The first kappa shape index (κ1) is 23.2. The molecule has 2 heterocycles. The number of hydrogen-bond acceptors (Lipinski definition) is 5. The van der Waals surface area contributed by atoms with Gasteiger partial charge in [0.1, 0.15) is 12.3 Å². The fourth-order valence-electron chi connectivity index (χ4n) is 3.67. The number of alkyl halides is 3. The van der Waals surface area contributed by atoms with Crippen molar-refractivity contribution in [1.82, 2.24) is 20.0 Å². The van der Waals surface area contributed by atoms with E-state index >= 15 is 0 Å². The Morgan fingerprint density at radius 2 is 2.03 bits per heavy atom. The predicted octanol–water partition coefficient (Wildman–Crippen LogP) is 3.08. The first-order valence-corrected chi connectivity index (χ1v) is 10.6. The summed E-state index contributed by atoms with van der Waals surface area (Å²) in [6.07, 6.45) is -2.01. The number of nitrogens with one attached hydrogen (secondary N) is 2. The van der Waals surface area contributed by atoms with Gasteiger partial charge < -0.3 is 20.4 Å². The van der Waals surface area contributed by atoms with E-state index < -0.39 is 36.2 Å². The summed E-state index contributed by atoms with van der Waals surface area (Å²) in [5.74, 6) is -0.908. The van der Waals surface area contributed by atoms with Gasteiger partial charge in [-0.15, -0.1) is 0 Å². The van der Waals surface area contributed by atoms with Crippen molar-refractivity contribution < 1.29 is 27.5 Å². The highest BCUT2D eigenvalue weighted by Crippen LogP contribution is 2.33. The molecular formula is C21H21ClF3N5O3. The Balaban J connectivity index is 1.57. The van der Waals surface area contributed by atoms with E-state index in [9.17, 15) is 22.8 Å². The maximum absolute atomic E-state index is 13.1. The maximum atomic E-state index is 13.1. The van der Waals surface area contributed by atoms with Crippen LogP contribution in [-0.2, 0) is 9.53 Å². The zero-order valence-corrected chi connectivity index (χ0v) is 18.1. The molecule has 2 N–H and O–H groups in total. The van der Waals surface area contributed by atoms with E-state index in [1.54, 1.807) is 24.3 Å². The van der Waals surface area contributed by atoms with Crippen LogP contribution >= 0.6 is 11.6 Å². The second-order valence-corrected chi connectivity index (χ2v) is 8.62. The zero-order valence-electron chi connectivity index (χ0n) is 17.4. The Hall–Kier alpha value is -2.92. The maximum Gasteiger partial charge on any atom is 0.411 e. The molecule has 1 aromatic heterocycles. The van der Waals surface area contributed by atoms with E-state index in [1.807, 2.05) is 0 Å². The van der Waals surface area contributed by atoms with Crippen molar-refractivity contribution in [2.75, 3.05) is 26.3 Å². The topological polar surface area (TPSA) is 100 Å². The molecule has 1 atom stereocenters. The zero-order chi connectivity index (χ0) is 23.8. The number of nitrogens with zero attached hydrogens (tertiary/aromatic N) is 3. The third kappa shape index (κ3) is 5.36. The number of fused-ring (bicyclic) bond motifs is 1. The summed E-state index contributed by atoms with van der Waals surface area (Å²) in [4.78, 5) is 26.8. The Kier molecular flexibility index (Phi) is 6.19. The number of amides is 2. The molecule has 1 fully saturated rings. The summed E-state index contributed by atoms with van der Waals surface area (Å²) in [6, 6.07) is 7.57. The summed E-state index contributed by atoms with van der Waals surface area (Å²) < 4.78 is 43.9. The number of rotatable bonds is 8. The van der Waals surface area contributed by atoms with Crippen molar-refractivity contribution in [3.63, 3.8) is 0 Å². The number of hydrogen-bond donors (Lipinski definition) is 2. The second kappa shape index (κ2) is 8.79. The summed E-state index contributed by atoms with van der Waals surface area (Å²) in [7, 11) is 0. The number of aromatic nitrogens is 2. The minimum atomic E-state index is -4.49. The van der Waals surface area contributed by atoms with Crippen LogP contribution < -0.4 is 5.32 Å². The van der Waals surface area contributed by atoms with Crippen LogP contribution in [0.2, 0.25) is 5.02 Å². The van der Waals surface area contributed by atoms with Gasteiger partial charge in [0.2, 0.25) is 5.91 Å². The van der Waals surface area contributed by atoms with Gasteiger partial charge in [0.15, 0.2) is 0 Å². The molecule has 1 aliphatic carbocycles. The second-order valence-electron chi connectivity index (χ2n) is 8.18. The molecule has 2 amide bonds. The lowest BCUT2D eigenvalue weighted by Gasteiger charge is -2.33. The van der Waals surface area contributed by atoms with Crippen molar-refractivity contribution in [2.45, 2.75) is 30.6 Å².